The lowest BCUT2D eigenvalue weighted by molar-refractivity contribution is -0.177. The number of ether oxygens (including phenoxy) is 1. The number of likely N-dealkylation sites (N-methyl/N-ethyl adjacent to an activating group) is 2. The molecule has 134 valence electrons. The molecule has 0 radical (unpaired) electrons. The summed E-state index contributed by atoms with van der Waals surface area (Å²) in [5.41, 5.74) is 0. The zero-order chi connectivity index (χ0) is 18.1. The molecular weight excluding hydrogens is 324 g/mol. The van der Waals surface area contributed by atoms with Gasteiger partial charge in [-0.15, -0.1) is 0 Å². The third-order valence-corrected chi connectivity index (χ3v) is 3.09. The van der Waals surface area contributed by atoms with Crippen LogP contribution in [-0.4, -0.2) is 80.1 Å². The molecule has 11 nitrogen and oxygen atoms in total. The minimum absolute atomic E-state index is 0.0157. The maximum atomic E-state index is 11.5. The minimum atomic E-state index is -1.21. The molecule has 0 atom stereocenters. The highest BCUT2D eigenvalue weighted by atomic mass is 16.8. The highest BCUT2D eigenvalue weighted by molar-refractivity contribution is 6.01. The van der Waals surface area contributed by atoms with Crippen LogP contribution in [0.1, 0.15) is 12.8 Å². The van der Waals surface area contributed by atoms with Crippen LogP contribution in [0, 0.1) is 0 Å². The number of rotatable bonds is 8. The van der Waals surface area contributed by atoms with Gasteiger partial charge in [-0.25, -0.2) is 4.79 Å². The van der Waals surface area contributed by atoms with Gasteiger partial charge in [0.05, 0.1) is 13.1 Å². The van der Waals surface area contributed by atoms with E-state index in [-0.39, 0.29) is 50.9 Å². The van der Waals surface area contributed by atoms with E-state index in [0.717, 1.165) is 0 Å². The van der Waals surface area contributed by atoms with Crippen LogP contribution in [0.4, 0.5) is 4.79 Å². The summed E-state index contributed by atoms with van der Waals surface area (Å²) in [5.74, 6) is -1.85. The van der Waals surface area contributed by atoms with E-state index < -0.39 is 18.0 Å². The second-order valence-electron chi connectivity index (χ2n) is 4.83. The smallest absolute Gasteiger partial charge is 0.431 e. The van der Waals surface area contributed by atoms with Crippen LogP contribution in [0.2, 0.25) is 0 Å². The summed E-state index contributed by atoms with van der Waals surface area (Å²) >= 11 is 0. The Morgan fingerprint density at radius 1 is 1.04 bits per heavy atom. The molecule has 0 aromatic carbocycles. The lowest BCUT2D eigenvalue weighted by atomic mass is 10.4. The standard InChI is InChI=1S/C13H20N4O7/c1-14-9(18)7-16(8-10(19)15-2)5-6-23-13(22)24-17-11(20)3-4-12(17)21/h3-8H2,1-2H3,(H,14,18)(H,15,19). The molecule has 1 rings (SSSR count). The summed E-state index contributed by atoms with van der Waals surface area (Å²) in [6.07, 6.45) is -1.24. The Hall–Kier alpha value is -2.69. The number of nitrogens with zero attached hydrogens (tertiary/aromatic N) is 2. The molecule has 1 saturated heterocycles. The summed E-state index contributed by atoms with van der Waals surface area (Å²) in [6, 6.07) is 0. The van der Waals surface area contributed by atoms with E-state index in [1.165, 1.54) is 19.0 Å². The second kappa shape index (κ2) is 9.45. The van der Waals surface area contributed by atoms with Crippen LogP contribution in [-0.2, 0) is 28.8 Å². The molecule has 1 aliphatic rings. The van der Waals surface area contributed by atoms with Crippen molar-refractivity contribution in [2.45, 2.75) is 12.8 Å². The number of hydroxylamine groups is 2. The van der Waals surface area contributed by atoms with Gasteiger partial charge in [0, 0.05) is 33.5 Å². The zero-order valence-electron chi connectivity index (χ0n) is 13.5. The van der Waals surface area contributed by atoms with Gasteiger partial charge in [-0.1, -0.05) is 5.06 Å². The first-order valence-electron chi connectivity index (χ1n) is 7.21. The van der Waals surface area contributed by atoms with Gasteiger partial charge < -0.3 is 15.4 Å². The number of amides is 4. The van der Waals surface area contributed by atoms with Gasteiger partial charge in [-0.3, -0.25) is 28.9 Å². The number of carbonyl (C=O) groups is 5. The fourth-order valence-corrected chi connectivity index (χ4v) is 1.80. The van der Waals surface area contributed by atoms with Crippen molar-refractivity contribution in [1.82, 2.24) is 20.6 Å². The first-order valence-corrected chi connectivity index (χ1v) is 7.21. The quantitative estimate of drug-likeness (QED) is 0.381. The fraction of sp³-hybridized carbons (Fsp3) is 0.615. The Bertz CT molecular complexity index is 488. The summed E-state index contributed by atoms with van der Waals surface area (Å²) in [5, 5.41) is 5.21. The van der Waals surface area contributed by atoms with Crippen LogP contribution >= 0.6 is 0 Å². The van der Waals surface area contributed by atoms with Gasteiger partial charge in [-0.2, -0.15) is 0 Å². The largest absolute Gasteiger partial charge is 0.534 e. The molecule has 0 bridgehead atoms. The third-order valence-electron chi connectivity index (χ3n) is 3.09. The molecule has 0 aromatic heterocycles. The highest BCUT2D eigenvalue weighted by Gasteiger charge is 2.33. The molecule has 0 spiro atoms. The topological polar surface area (TPSA) is 134 Å². The Labute approximate surface area is 138 Å². The lowest BCUT2D eigenvalue weighted by Crippen LogP contribution is -2.43. The van der Waals surface area contributed by atoms with Crippen LogP contribution in [0.5, 0.6) is 0 Å². The molecule has 11 heteroatoms. The molecule has 2 N–H and O–H groups in total. The average Bonchev–Trinajstić information content (AvgIpc) is 2.86. The van der Waals surface area contributed by atoms with E-state index in [4.69, 9.17) is 4.74 Å². The molecule has 1 aliphatic heterocycles. The van der Waals surface area contributed by atoms with E-state index in [2.05, 4.69) is 15.5 Å². The average molecular weight is 344 g/mol. The number of carbonyl (C=O) groups excluding carboxylic acids is 5. The van der Waals surface area contributed by atoms with Gasteiger partial charge in [-0.05, 0) is 0 Å². The highest BCUT2D eigenvalue weighted by Crippen LogP contribution is 2.12. The first kappa shape index (κ1) is 19.4. The van der Waals surface area contributed by atoms with Crippen molar-refractivity contribution in [2.24, 2.45) is 0 Å². The molecule has 0 saturated carbocycles. The van der Waals surface area contributed by atoms with Gasteiger partial charge in [0.25, 0.3) is 11.8 Å². The van der Waals surface area contributed by atoms with Crippen LogP contribution in [0.15, 0.2) is 0 Å². The number of hydrogen-bond donors (Lipinski definition) is 2. The van der Waals surface area contributed by atoms with Gasteiger partial charge in [0.1, 0.15) is 6.61 Å². The van der Waals surface area contributed by atoms with E-state index >= 15 is 0 Å². The van der Waals surface area contributed by atoms with Crippen LogP contribution in [0.25, 0.3) is 0 Å². The van der Waals surface area contributed by atoms with Crippen LogP contribution < -0.4 is 10.6 Å². The molecular formula is C13H20N4O7. The lowest BCUT2D eigenvalue weighted by Gasteiger charge is -2.20. The molecule has 4 amide bonds. The van der Waals surface area contributed by atoms with E-state index in [1.807, 2.05) is 0 Å². The van der Waals surface area contributed by atoms with E-state index in [9.17, 15) is 24.0 Å². The van der Waals surface area contributed by atoms with Crippen molar-refractivity contribution in [3.8, 4) is 0 Å². The molecule has 0 aromatic rings. The SMILES string of the molecule is CNC(=O)CN(CCOC(=O)ON1C(=O)CCC1=O)CC(=O)NC. The molecule has 1 heterocycles. The molecule has 1 fully saturated rings. The maximum Gasteiger partial charge on any atom is 0.534 e. The molecule has 0 aliphatic carbocycles. The zero-order valence-corrected chi connectivity index (χ0v) is 13.5. The molecule has 0 unspecified atom stereocenters. The first-order chi connectivity index (χ1) is 11.4. The molecule has 24 heavy (non-hydrogen) atoms. The van der Waals surface area contributed by atoms with Crippen molar-refractivity contribution in [3.63, 3.8) is 0 Å². The van der Waals surface area contributed by atoms with Crippen molar-refractivity contribution in [1.29, 1.82) is 0 Å². The minimum Gasteiger partial charge on any atom is -0.431 e. The summed E-state index contributed by atoms with van der Waals surface area (Å²) in [6.45, 7) is -0.238. The second-order valence-corrected chi connectivity index (χ2v) is 4.83. The Kier molecular flexibility index (Phi) is 7.62. The Morgan fingerprint density at radius 3 is 2.00 bits per heavy atom. The summed E-state index contributed by atoms with van der Waals surface area (Å²) in [4.78, 5) is 62.8. The number of imide groups is 1. The fourth-order valence-electron chi connectivity index (χ4n) is 1.80. The number of hydrogen-bond acceptors (Lipinski definition) is 8. The van der Waals surface area contributed by atoms with Crippen molar-refractivity contribution in [3.05, 3.63) is 0 Å². The monoisotopic (exact) mass is 344 g/mol. The predicted molar refractivity (Wildman–Crippen MR) is 78.1 cm³/mol. The van der Waals surface area contributed by atoms with Crippen molar-refractivity contribution in [2.75, 3.05) is 40.3 Å². The summed E-state index contributed by atoms with van der Waals surface area (Å²) in [7, 11) is 2.91. The normalized spacial score (nSPS) is 13.9. The van der Waals surface area contributed by atoms with Gasteiger partial charge in [0.2, 0.25) is 11.8 Å². The Morgan fingerprint density at radius 2 is 1.54 bits per heavy atom. The number of nitrogens with one attached hydrogen (secondary N) is 2. The maximum absolute atomic E-state index is 11.5. The predicted octanol–water partition coefficient (Wildman–Crippen LogP) is -2.00. The Balaban J connectivity index is 2.41. The van der Waals surface area contributed by atoms with Gasteiger partial charge >= 0.3 is 6.16 Å². The van der Waals surface area contributed by atoms with E-state index in [1.54, 1.807) is 0 Å². The van der Waals surface area contributed by atoms with Crippen LogP contribution in [0.3, 0.4) is 0 Å². The summed E-state index contributed by atoms with van der Waals surface area (Å²) < 4.78 is 4.75. The third kappa shape index (κ3) is 6.20. The van der Waals surface area contributed by atoms with Gasteiger partial charge in [0.15, 0.2) is 0 Å². The van der Waals surface area contributed by atoms with Crippen molar-refractivity contribution >= 4 is 29.8 Å². The van der Waals surface area contributed by atoms with Crippen molar-refractivity contribution < 1.29 is 33.5 Å². The van der Waals surface area contributed by atoms with E-state index in [0.29, 0.717) is 5.06 Å².